The Morgan fingerprint density at radius 1 is 1.00 bits per heavy atom. The SMILES string of the molecule is CC(=O)N1N=C(c2c(-c3ccccc3)c3cc(Cl)ccc3[nH]c2=O)CC1c1ccccc1. The number of fused-ring (bicyclic) bond motifs is 1. The molecule has 1 unspecified atom stereocenters. The highest BCUT2D eigenvalue weighted by molar-refractivity contribution is 6.31. The van der Waals surface area contributed by atoms with Crippen molar-refractivity contribution in [3.05, 3.63) is 105 Å². The van der Waals surface area contributed by atoms with Crippen molar-refractivity contribution in [3.8, 4) is 11.1 Å². The summed E-state index contributed by atoms with van der Waals surface area (Å²) in [5, 5.41) is 7.52. The summed E-state index contributed by atoms with van der Waals surface area (Å²) in [7, 11) is 0. The molecule has 0 aliphatic carbocycles. The predicted molar refractivity (Wildman–Crippen MR) is 128 cm³/mol. The maximum absolute atomic E-state index is 13.3. The lowest BCUT2D eigenvalue weighted by atomic mass is 9.91. The van der Waals surface area contributed by atoms with Crippen molar-refractivity contribution in [3.63, 3.8) is 0 Å². The molecule has 1 amide bonds. The minimum atomic E-state index is -0.262. The number of nitrogens with one attached hydrogen (secondary N) is 1. The fraction of sp³-hybridized carbons (Fsp3) is 0.115. The number of amides is 1. The maximum Gasteiger partial charge on any atom is 0.258 e. The highest BCUT2D eigenvalue weighted by Crippen LogP contribution is 2.37. The van der Waals surface area contributed by atoms with Gasteiger partial charge in [0.25, 0.3) is 5.56 Å². The molecule has 1 N–H and O–H groups in total. The Bertz CT molecular complexity index is 1410. The third kappa shape index (κ3) is 3.51. The van der Waals surface area contributed by atoms with Gasteiger partial charge in [-0.1, -0.05) is 72.3 Å². The molecular formula is C26H20ClN3O2. The first-order valence-corrected chi connectivity index (χ1v) is 10.7. The Kier molecular flexibility index (Phi) is 5.11. The van der Waals surface area contributed by atoms with E-state index in [0.717, 1.165) is 22.1 Å². The van der Waals surface area contributed by atoms with Crippen LogP contribution in [0.2, 0.25) is 5.02 Å². The van der Waals surface area contributed by atoms with Gasteiger partial charge in [-0.3, -0.25) is 9.59 Å². The van der Waals surface area contributed by atoms with E-state index in [9.17, 15) is 9.59 Å². The number of hydrogen-bond acceptors (Lipinski definition) is 3. The summed E-state index contributed by atoms with van der Waals surface area (Å²) in [5.41, 5.74) is 4.14. The van der Waals surface area contributed by atoms with Crippen molar-refractivity contribution >= 4 is 34.1 Å². The fourth-order valence-electron chi connectivity index (χ4n) is 4.33. The Labute approximate surface area is 190 Å². The van der Waals surface area contributed by atoms with Gasteiger partial charge in [0.05, 0.1) is 17.3 Å². The Hall–Kier alpha value is -3.70. The van der Waals surface area contributed by atoms with Gasteiger partial charge >= 0.3 is 0 Å². The van der Waals surface area contributed by atoms with Crippen molar-refractivity contribution < 1.29 is 4.79 Å². The molecule has 2 heterocycles. The zero-order valence-electron chi connectivity index (χ0n) is 17.4. The molecule has 1 aromatic heterocycles. The number of hydrazone groups is 1. The molecule has 0 saturated heterocycles. The Morgan fingerprint density at radius 2 is 1.69 bits per heavy atom. The summed E-state index contributed by atoms with van der Waals surface area (Å²) >= 11 is 6.32. The van der Waals surface area contributed by atoms with E-state index >= 15 is 0 Å². The molecule has 5 rings (SSSR count). The van der Waals surface area contributed by atoms with Crippen LogP contribution in [0.1, 0.15) is 30.5 Å². The van der Waals surface area contributed by atoms with E-state index in [4.69, 9.17) is 11.6 Å². The van der Waals surface area contributed by atoms with E-state index in [1.165, 1.54) is 11.9 Å². The maximum atomic E-state index is 13.3. The monoisotopic (exact) mass is 441 g/mol. The summed E-state index contributed by atoms with van der Waals surface area (Å²) < 4.78 is 0. The predicted octanol–water partition coefficient (Wildman–Crippen LogP) is 5.55. The van der Waals surface area contributed by atoms with Crippen LogP contribution in [0.4, 0.5) is 0 Å². The molecule has 0 bridgehead atoms. The topological polar surface area (TPSA) is 65.5 Å². The molecular weight excluding hydrogens is 422 g/mol. The molecule has 3 aromatic carbocycles. The van der Waals surface area contributed by atoms with Crippen LogP contribution in [-0.2, 0) is 4.79 Å². The lowest BCUT2D eigenvalue weighted by Crippen LogP contribution is -2.24. The summed E-state index contributed by atoms with van der Waals surface area (Å²) in [5.74, 6) is -0.171. The number of pyridine rings is 1. The second-order valence-corrected chi connectivity index (χ2v) is 8.24. The number of hydrogen-bond donors (Lipinski definition) is 1. The second-order valence-electron chi connectivity index (χ2n) is 7.80. The molecule has 0 fully saturated rings. The summed E-state index contributed by atoms with van der Waals surface area (Å²) in [6.45, 7) is 1.49. The fourth-order valence-corrected chi connectivity index (χ4v) is 4.50. The minimum absolute atomic E-state index is 0.171. The van der Waals surface area contributed by atoms with Crippen LogP contribution >= 0.6 is 11.6 Å². The minimum Gasteiger partial charge on any atom is -0.321 e. The molecule has 1 atom stereocenters. The first-order chi connectivity index (χ1) is 15.5. The number of carbonyl (C=O) groups is 1. The highest BCUT2D eigenvalue weighted by Gasteiger charge is 2.34. The van der Waals surface area contributed by atoms with Crippen molar-refractivity contribution in [2.45, 2.75) is 19.4 Å². The zero-order valence-corrected chi connectivity index (χ0v) is 18.1. The average molecular weight is 442 g/mol. The number of carbonyl (C=O) groups excluding carboxylic acids is 1. The van der Waals surface area contributed by atoms with E-state index in [1.807, 2.05) is 66.7 Å². The molecule has 0 radical (unpaired) electrons. The Morgan fingerprint density at radius 3 is 2.38 bits per heavy atom. The van der Waals surface area contributed by atoms with Crippen LogP contribution in [0, 0.1) is 0 Å². The Balaban J connectivity index is 1.76. The third-order valence-electron chi connectivity index (χ3n) is 5.74. The van der Waals surface area contributed by atoms with Crippen molar-refractivity contribution in [2.24, 2.45) is 5.10 Å². The van der Waals surface area contributed by atoms with Gasteiger partial charge in [0, 0.05) is 34.8 Å². The molecule has 0 saturated carbocycles. The van der Waals surface area contributed by atoms with E-state index in [2.05, 4.69) is 10.1 Å². The first kappa shape index (κ1) is 20.2. The molecule has 6 heteroatoms. The zero-order chi connectivity index (χ0) is 22.2. The van der Waals surface area contributed by atoms with Crippen molar-refractivity contribution in [1.29, 1.82) is 0 Å². The van der Waals surface area contributed by atoms with Gasteiger partial charge in [0.2, 0.25) is 5.91 Å². The molecule has 1 aliphatic rings. The normalized spacial score (nSPS) is 15.8. The number of nitrogens with zero attached hydrogens (tertiary/aromatic N) is 2. The quantitative estimate of drug-likeness (QED) is 0.453. The van der Waals surface area contributed by atoms with Gasteiger partial charge in [-0.05, 0) is 29.3 Å². The van der Waals surface area contributed by atoms with Gasteiger partial charge in [-0.15, -0.1) is 0 Å². The van der Waals surface area contributed by atoms with Crippen LogP contribution in [-0.4, -0.2) is 21.6 Å². The lowest BCUT2D eigenvalue weighted by Gasteiger charge is -2.20. The van der Waals surface area contributed by atoms with Crippen LogP contribution in [0.15, 0.2) is 88.8 Å². The van der Waals surface area contributed by atoms with Crippen molar-refractivity contribution in [2.75, 3.05) is 0 Å². The van der Waals surface area contributed by atoms with Crippen LogP contribution in [0.25, 0.3) is 22.0 Å². The van der Waals surface area contributed by atoms with E-state index in [0.29, 0.717) is 28.2 Å². The van der Waals surface area contributed by atoms with Gasteiger partial charge in [-0.25, -0.2) is 5.01 Å². The average Bonchev–Trinajstić information content (AvgIpc) is 3.25. The van der Waals surface area contributed by atoms with Crippen molar-refractivity contribution in [1.82, 2.24) is 9.99 Å². The summed E-state index contributed by atoms with van der Waals surface area (Å²) in [6, 6.07) is 24.6. The number of benzene rings is 3. The third-order valence-corrected chi connectivity index (χ3v) is 5.98. The van der Waals surface area contributed by atoms with Crippen LogP contribution in [0.3, 0.4) is 0 Å². The molecule has 1 aliphatic heterocycles. The van der Waals surface area contributed by atoms with Crippen LogP contribution in [0.5, 0.6) is 0 Å². The number of aromatic nitrogens is 1. The van der Waals surface area contributed by atoms with Gasteiger partial charge < -0.3 is 4.98 Å². The van der Waals surface area contributed by atoms with Gasteiger partial charge in [-0.2, -0.15) is 5.10 Å². The number of rotatable bonds is 3. The van der Waals surface area contributed by atoms with E-state index in [1.54, 1.807) is 12.1 Å². The molecule has 0 spiro atoms. The number of halogens is 1. The summed E-state index contributed by atoms with van der Waals surface area (Å²) in [4.78, 5) is 28.7. The molecule has 4 aromatic rings. The van der Waals surface area contributed by atoms with Crippen LogP contribution < -0.4 is 5.56 Å². The smallest absolute Gasteiger partial charge is 0.258 e. The van der Waals surface area contributed by atoms with Gasteiger partial charge in [0.1, 0.15) is 0 Å². The molecule has 158 valence electrons. The molecule has 32 heavy (non-hydrogen) atoms. The number of H-pyrrole nitrogens is 1. The second kappa shape index (κ2) is 8.09. The standard InChI is InChI=1S/C26H20ClN3O2/c1-16(31)30-23(17-8-4-2-5-9-17)15-22(29-30)25-24(18-10-6-3-7-11-18)20-14-19(27)12-13-21(20)28-26(25)32/h2-14,23H,15H2,1H3,(H,28,32). The number of aromatic amines is 1. The van der Waals surface area contributed by atoms with E-state index < -0.39 is 0 Å². The largest absolute Gasteiger partial charge is 0.321 e. The van der Waals surface area contributed by atoms with Gasteiger partial charge in [0.15, 0.2) is 0 Å². The highest BCUT2D eigenvalue weighted by atomic mass is 35.5. The first-order valence-electron chi connectivity index (χ1n) is 10.4. The lowest BCUT2D eigenvalue weighted by molar-refractivity contribution is -0.130. The summed E-state index contributed by atoms with van der Waals surface area (Å²) in [6.07, 6.45) is 0.443. The molecule has 5 nitrogen and oxygen atoms in total. The van der Waals surface area contributed by atoms with E-state index in [-0.39, 0.29) is 17.5 Å².